The van der Waals surface area contributed by atoms with Gasteiger partial charge in [0, 0.05) is 20.0 Å². The van der Waals surface area contributed by atoms with E-state index in [0.29, 0.717) is 33.3 Å². The minimum absolute atomic E-state index is 0.0153. The summed E-state index contributed by atoms with van der Waals surface area (Å²) >= 11 is 12.5. The van der Waals surface area contributed by atoms with Crippen LogP contribution in [0.3, 0.4) is 0 Å². The van der Waals surface area contributed by atoms with Gasteiger partial charge in [-0.2, -0.15) is 36.4 Å². The Bertz CT molecular complexity index is 2190. The molecule has 290 valence electrons. The van der Waals surface area contributed by atoms with Crippen LogP contribution in [0.5, 0.6) is 11.5 Å². The number of aromatic hydroxyl groups is 1. The summed E-state index contributed by atoms with van der Waals surface area (Å²) in [5.41, 5.74) is -1.76. The highest BCUT2D eigenvalue weighted by Gasteiger charge is 2.63. The summed E-state index contributed by atoms with van der Waals surface area (Å²) in [5, 5.41) is 12.8. The van der Waals surface area contributed by atoms with Crippen molar-refractivity contribution in [1.29, 1.82) is 0 Å². The number of ether oxygens (including phenoxy) is 1. The Labute approximate surface area is 317 Å². The van der Waals surface area contributed by atoms with Crippen molar-refractivity contribution >= 4 is 58.5 Å². The average molecular weight is 814 g/mol. The van der Waals surface area contributed by atoms with Crippen LogP contribution in [-0.2, 0) is 31.5 Å². The molecule has 1 saturated carbocycles. The predicted octanol–water partition coefficient (Wildman–Crippen LogP) is 6.27. The van der Waals surface area contributed by atoms with E-state index in [0.717, 1.165) is 36.2 Å². The van der Waals surface area contributed by atoms with E-state index >= 15 is 0 Å². The molecule has 6 unspecified atom stereocenters. The number of hydrazine groups is 2. The number of allylic oxidation sites excluding steroid dienone is 2. The van der Waals surface area contributed by atoms with E-state index in [-0.39, 0.29) is 34.4 Å². The van der Waals surface area contributed by atoms with E-state index in [2.05, 4.69) is 9.97 Å². The van der Waals surface area contributed by atoms with Crippen molar-refractivity contribution in [3.8, 4) is 11.5 Å². The third-order valence-electron chi connectivity index (χ3n) is 10.6. The van der Waals surface area contributed by atoms with Crippen LogP contribution in [0.25, 0.3) is 0 Å². The zero-order chi connectivity index (χ0) is 40.0. The summed E-state index contributed by atoms with van der Waals surface area (Å²) in [7, 11) is 3.61. The largest absolute Gasteiger partial charge is 0.504 e. The van der Waals surface area contributed by atoms with Crippen molar-refractivity contribution in [1.82, 2.24) is 20.0 Å². The molecular formula is C35H28Cl2F6N6O6. The summed E-state index contributed by atoms with van der Waals surface area (Å²) in [4.78, 5) is 64.2. The zero-order valence-electron chi connectivity index (χ0n) is 28.7. The molecule has 2 aromatic heterocycles. The number of alkyl halides is 6. The summed E-state index contributed by atoms with van der Waals surface area (Å²) < 4.78 is 87.0. The molecule has 0 radical (unpaired) electrons. The monoisotopic (exact) mass is 812 g/mol. The van der Waals surface area contributed by atoms with E-state index in [9.17, 15) is 50.6 Å². The molecule has 2 aliphatic heterocycles. The molecule has 2 aliphatic carbocycles. The van der Waals surface area contributed by atoms with Crippen molar-refractivity contribution < 1.29 is 55.4 Å². The number of amides is 4. The summed E-state index contributed by atoms with van der Waals surface area (Å²) in [5.74, 6) is -10.9. The SMILES string of the molecule is COc1cc(C2C3=CCC4C(=O)N(N(C)c5nc(C(F)(F)F)ccc5Cl)C(=O)C4C3CC3C(=O)N(N(C)c4nc(C(F)(F)F)ccc4Cl)C(=O)C32)ccc1O. The molecule has 3 fully saturated rings. The lowest BCUT2D eigenvalue weighted by Gasteiger charge is -2.44. The number of fused-ring (bicyclic) bond motifs is 4. The second-order valence-electron chi connectivity index (χ2n) is 13.5. The van der Waals surface area contributed by atoms with E-state index in [1.165, 1.54) is 25.3 Å². The van der Waals surface area contributed by atoms with Crippen molar-refractivity contribution in [2.45, 2.75) is 31.1 Å². The van der Waals surface area contributed by atoms with Crippen molar-refractivity contribution in [3.63, 3.8) is 0 Å². The third kappa shape index (κ3) is 6.09. The van der Waals surface area contributed by atoms with Gasteiger partial charge in [-0.15, -0.1) is 0 Å². The number of rotatable bonds is 6. The molecule has 4 heterocycles. The number of phenolic OH excluding ortho intramolecular Hbond substituents is 1. The lowest BCUT2D eigenvalue weighted by molar-refractivity contribution is -0.143. The van der Waals surface area contributed by atoms with E-state index in [1.54, 1.807) is 6.08 Å². The van der Waals surface area contributed by atoms with Crippen LogP contribution in [0.4, 0.5) is 38.0 Å². The number of pyridine rings is 2. The smallest absolute Gasteiger partial charge is 0.433 e. The first-order chi connectivity index (χ1) is 25.8. The topological polar surface area (TPSA) is 136 Å². The third-order valence-corrected chi connectivity index (χ3v) is 11.2. The maximum atomic E-state index is 14.4. The molecule has 4 aliphatic rings. The summed E-state index contributed by atoms with van der Waals surface area (Å²) in [6.07, 6.45) is -8.27. The number of aromatic nitrogens is 2. The number of nitrogens with zero attached hydrogens (tertiary/aromatic N) is 6. The molecule has 6 atom stereocenters. The van der Waals surface area contributed by atoms with Crippen LogP contribution in [0.1, 0.15) is 35.7 Å². The van der Waals surface area contributed by atoms with Gasteiger partial charge in [0.15, 0.2) is 23.1 Å². The molecule has 2 saturated heterocycles. The van der Waals surface area contributed by atoms with Crippen LogP contribution in [0.15, 0.2) is 54.1 Å². The molecule has 7 rings (SSSR count). The molecule has 0 spiro atoms. The van der Waals surface area contributed by atoms with Gasteiger partial charge in [0.2, 0.25) is 0 Å². The molecule has 55 heavy (non-hydrogen) atoms. The normalized spacial score (nSPS) is 25.1. The first-order valence-corrected chi connectivity index (χ1v) is 17.3. The maximum Gasteiger partial charge on any atom is 0.433 e. The van der Waals surface area contributed by atoms with Gasteiger partial charge in [0.05, 0.1) is 40.8 Å². The highest BCUT2D eigenvalue weighted by atomic mass is 35.5. The molecule has 4 amide bonds. The first-order valence-electron chi connectivity index (χ1n) is 16.5. The van der Waals surface area contributed by atoms with Gasteiger partial charge >= 0.3 is 12.4 Å². The Morgan fingerprint density at radius 2 is 1.25 bits per heavy atom. The molecule has 3 aromatic rings. The average Bonchev–Trinajstić information content (AvgIpc) is 3.53. The van der Waals surface area contributed by atoms with Gasteiger partial charge in [0.25, 0.3) is 23.6 Å². The second-order valence-corrected chi connectivity index (χ2v) is 14.3. The number of methoxy groups -OCH3 is 1. The number of imide groups is 2. The summed E-state index contributed by atoms with van der Waals surface area (Å²) in [6, 6.07) is 7.41. The van der Waals surface area contributed by atoms with Crippen LogP contribution in [0, 0.1) is 29.6 Å². The van der Waals surface area contributed by atoms with Crippen molar-refractivity contribution in [3.05, 3.63) is 81.1 Å². The van der Waals surface area contributed by atoms with E-state index in [1.807, 2.05) is 0 Å². The van der Waals surface area contributed by atoms with Crippen LogP contribution in [-0.4, -0.2) is 69.9 Å². The molecule has 0 bridgehead atoms. The Kier molecular flexibility index (Phi) is 9.22. The van der Waals surface area contributed by atoms with Crippen LogP contribution in [0.2, 0.25) is 10.0 Å². The molecular weight excluding hydrogens is 785 g/mol. The minimum atomic E-state index is -4.88. The van der Waals surface area contributed by atoms with Crippen molar-refractivity contribution in [2.75, 3.05) is 31.2 Å². The quantitative estimate of drug-likeness (QED) is 0.172. The fraction of sp³-hybridized carbons (Fsp3) is 0.371. The van der Waals surface area contributed by atoms with Crippen LogP contribution < -0.4 is 14.8 Å². The van der Waals surface area contributed by atoms with Gasteiger partial charge in [-0.05, 0) is 60.7 Å². The van der Waals surface area contributed by atoms with E-state index in [4.69, 9.17) is 27.9 Å². The number of halogens is 8. The zero-order valence-corrected chi connectivity index (χ0v) is 30.2. The van der Waals surface area contributed by atoms with E-state index < -0.39 is 94.5 Å². The number of hydrogen-bond acceptors (Lipinski definition) is 10. The summed E-state index contributed by atoms with van der Waals surface area (Å²) in [6.45, 7) is 0. The highest BCUT2D eigenvalue weighted by molar-refractivity contribution is 6.33. The predicted molar refractivity (Wildman–Crippen MR) is 181 cm³/mol. The number of carbonyl (C=O) groups is 4. The maximum absolute atomic E-state index is 14.4. The number of hydrogen-bond donors (Lipinski definition) is 1. The molecule has 12 nitrogen and oxygen atoms in total. The Balaban J connectivity index is 1.30. The van der Waals surface area contributed by atoms with Crippen LogP contribution >= 0.6 is 23.2 Å². The number of carbonyl (C=O) groups excluding carboxylic acids is 4. The van der Waals surface area contributed by atoms with Gasteiger partial charge < -0.3 is 9.84 Å². The standard InChI is InChI=1S/C35H28Cl2F6N6O6/c1-46(28-19(36)7-10-23(44-28)34(38,39)40)48-30(51)16-6-5-15-17(26(16)32(48)53)13-18-27(25(15)14-4-9-21(50)22(12-14)55-3)33(54)49(31(18)52)47(2)29-20(37)8-11-24(45-29)35(41,42)43/h4-5,7-12,16-18,25-27,50H,6,13H2,1-3H3. The van der Waals surface area contributed by atoms with Gasteiger partial charge in [-0.25, -0.2) is 9.97 Å². The molecule has 20 heteroatoms. The Morgan fingerprint density at radius 3 is 1.76 bits per heavy atom. The number of phenols is 1. The first kappa shape index (κ1) is 38.2. The lowest BCUT2D eigenvalue weighted by atomic mass is 9.57. The number of anilines is 2. The van der Waals surface area contributed by atoms with Gasteiger partial charge in [-0.3, -0.25) is 29.2 Å². The molecule has 1 aromatic carbocycles. The second kappa shape index (κ2) is 13.3. The van der Waals surface area contributed by atoms with Crippen molar-refractivity contribution in [2.24, 2.45) is 29.6 Å². The fourth-order valence-electron chi connectivity index (χ4n) is 8.23. The fourth-order valence-corrected chi connectivity index (χ4v) is 8.69. The van der Waals surface area contributed by atoms with Gasteiger partial charge in [-0.1, -0.05) is 40.9 Å². The highest BCUT2D eigenvalue weighted by Crippen LogP contribution is 2.59. The molecule has 1 N–H and O–H groups in total. The Morgan fingerprint density at radius 1 is 0.745 bits per heavy atom. The number of benzene rings is 1. The Hall–Kier alpha value is -5.10. The lowest BCUT2D eigenvalue weighted by Crippen LogP contribution is -2.46. The minimum Gasteiger partial charge on any atom is -0.504 e. The van der Waals surface area contributed by atoms with Gasteiger partial charge in [0.1, 0.15) is 11.4 Å².